The number of ether oxygens (including phenoxy) is 1. The molecule has 0 aromatic heterocycles. The molecule has 2 aromatic carbocycles. The zero-order valence-electron chi connectivity index (χ0n) is 14.9. The molecule has 6 nitrogen and oxygen atoms in total. The lowest BCUT2D eigenvalue weighted by atomic mass is 10.1. The first-order valence-corrected chi connectivity index (χ1v) is 8.65. The Morgan fingerprint density at radius 2 is 1.85 bits per heavy atom. The van der Waals surface area contributed by atoms with Gasteiger partial charge in [0.25, 0.3) is 5.91 Å². The van der Waals surface area contributed by atoms with Gasteiger partial charge in [-0.1, -0.05) is 42.5 Å². The largest absolute Gasteiger partial charge is 0.452 e. The molecule has 3 rings (SSSR count). The smallest absolute Gasteiger partial charge is 0.331 e. The summed E-state index contributed by atoms with van der Waals surface area (Å²) in [6, 6.07) is 16.0. The molecule has 2 aromatic rings. The summed E-state index contributed by atoms with van der Waals surface area (Å²) in [5.74, 6) is -1.14. The fraction of sp³-hybridized carbons (Fsp3) is 0.190. The molecule has 1 aliphatic heterocycles. The van der Waals surface area contributed by atoms with Crippen LogP contribution in [-0.4, -0.2) is 30.4 Å². The highest BCUT2D eigenvalue weighted by atomic mass is 16.5. The van der Waals surface area contributed by atoms with Crippen LogP contribution in [0.4, 0.5) is 11.4 Å². The molecule has 2 amide bonds. The number of para-hydroxylation sites is 2. The van der Waals surface area contributed by atoms with Crippen LogP contribution in [-0.2, 0) is 19.1 Å². The maximum absolute atomic E-state index is 12.7. The highest BCUT2D eigenvalue weighted by Crippen LogP contribution is 2.31. The molecule has 27 heavy (non-hydrogen) atoms. The van der Waals surface area contributed by atoms with Gasteiger partial charge in [-0.25, -0.2) is 4.79 Å². The van der Waals surface area contributed by atoms with Crippen molar-refractivity contribution < 1.29 is 19.1 Å². The molecule has 0 aliphatic carbocycles. The third-order valence-corrected chi connectivity index (χ3v) is 4.18. The number of amides is 2. The molecule has 0 bridgehead atoms. The molecule has 1 N–H and O–H groups in total. The summed E-state index contributed by atoms with van der Waals surface area (Å²) in [6.07, 6.45) is 3.08. The van der Waals surface area contributed by atoms with Crippen molar-refractivity contribution in [2.45, 2.75) is 19.4 Å². The van der Waals surface area contributed by atoms with Gasteiger partial charge >= 0.3 is 5.97 Å². The summed E-state index contributed by atoms with van der Waals surface area (Å²) < 4.78 is 5.09. The first-order valence-electron chi connectivity index (χ1n) is 8.65. The van der Waals surface area contributed by atoms with Gasteiger partial charge in [-0.2, -0.15) is 0 Å². The van der Waals surface area contributed by atoms with Crippen molar-refractivity contribution >= 4 is 35.2 Å². The molecule has 0 saturated carbocycles. The first-order chi connectivity index (χ1) is 13.0. The molecule has 0 spiro atoms. The van der Waals surface area contributed by atoms with Gasteiger partial charge in [0.2, 0.25) is 5.91 Å². The SMILES string of the molecule is CC1CC(=O)Nc2ccccc2N1C(=O)COC(=O)/C=C/c1ccccc1. The number of anilines is 2. The number of carbonyl (C=O) groups is 3. The number of nitrogens with one attached hydrogen (secondary N) is 1. The Morgan fingerprint density at radius 1 is 1.15 bits per heavy atom. The van der Waals surface area contributed by atoms with Crippen LogP contribution in [0.15, 0.2) is 60.7 Å². The van der Waals surface area contributed by atoms with Crippen molar-refractivity contribution in [1.82, 2.24) is 0 Å². The topological polar surface area (TPSA) is 75.7 Å². The minimum Gasteiger partial charge on any atom is -0.452 e. The van der Waals surface area contributed by atoms with E-state index in [0.717, 1.165) is 5.56 Å². The van der Waals surface area contributed by atoms with E-state index in [1.54, 1.807) is 37.3 Å². The highest BCUT2D eigenvalue weighted by molar-refractivity contribution is 6.05. The van der Waals surface area contributed by atoms with E-state index in [1.807, 2.05) is 30.3 Å². The highest BCUT2D eigenvalue weighted by Gasteiger charge is 2.29. The Labute approximate surface area is 157 Å². The van der Waals surface area contributed by atoms with Gasteiger partial charge in [-0.15, -0.1) is 0 Å². The van der Waals surface area contributed by atoms with Crippen LogP contribution >= 0.6 is 0 Å². The van der Waals surface area contributed by atoms with Crippen molar-refractivity contribution in [3.8, 4) is 0 Å². The maximum Gasteiger partial charge on any atom is 0.331 e. The number of rotatable bonds is 4. The Bertz CT molecular complexity index is 877. The number of fused-ring (bicyclic) bond motifs is 1. The summed E-state index contributed by atoms with van der Waals surface area (Å²) in [5.41, 5.74) is 2.02. The number of carbonyl (C=O) groups excluding carboxylic acids is 3. The average molecular weight is 364 g/mol. The zero-order chi connectivity index (χ0) is 19.2. The first kappa shape index (κ1) is 18.4. The van der Waals surface area contributed by atoms with Crippen LogP contribution in [0.5, 0.6) is 0 Å². The minimum absolute atomic E-state index is 0.159. The molecule has 0 saturated heterocycles. The van der Waals surface area contributed by atoms with E-state index < -0.39 is 12.6 Å². The number of nitrogens with zero attached hydrogens (tertiary/aromatic N) is 1. The van der Waals surface area contributed by atoms with Gasteiger partial charge in [-0.05, 0) is 30.7 Å². The Hall–Kier alpha value is -3.41. The van der Waals surface area contributed by atoms with Crippen LogP contribution in [0.1, 0.15) is 18.9 Å². The average Bonchev–Trinajstić information content (AvgIpc) is 2.79. The van der Waals surface area contributed by atoms with Crippen LogP contribution in [0.3, 0.4) is 0 Å². The van der Waals surface area contributed by atoms with Gasteiger partial charge in [0.05, 0.1) is 11.4 Å². The van der Waals surface area contributed by atoms with E-state index >= 15 is 0 Å². The van der Waals surface area contributed by atoms with E-state index in [0.29, 0.717) is 11.4 Å². The fourth-order valence-corrected chi connectivity index (χ4v) is 2.95. The second-order valence-electron chi connectivity index (χ2n) is 6.23. The maximum atomic E-state index is 12.7. The van der Waals surface area contributed by atoms with Gasteiger partial charge in [0.1, 0.15) is 0 Å². The van der Waals surface area contributed by atoms with Crippen LogP contribution in [0.2, 0.25) is 0 Å². The lowest BCUT2D eigenvalue weighted by Gasteiger charge is -2.27. The molecular formula is C21H20N2O4. The Morgan fingerprint density at radius 3 is 2.63 bits per heavy atom. The molecule has 6 heteroatoms. The summed E-state index contributed by atoms with van der Waals surface area (Å²) in [4.78, 5) is 38.1. The monoisotopic (exact) mass is 364 g/mol. The predicted molar refractivity (Wildman–Crippen MR) is 103 cm³/mol. The van der Waals surface area contributed by atoms with Crippen LogP contribution in [0.25, 0.3) is 6.08 Å². The van der Waals surface area contributed by atoms with Gasteiger partial charge in [0, 0.05) is 18.5 Å². The van der Waals surface area contributed by atoms with Gasteiger partial charge in [-0.3, -0.25) is 9.59 Å². The third-order valence-electron chi connectivity index (χ3n) is 4.18. The molecular weight excluding hydrogens is 344 g/mol. The fourth-order valence-electron chi connectivity index (χ4n) is 2.95. The molecule has 1 unspecified atom stereocenters. The molecule has 0 fully saturated rings. The summed E-state index contributed by atoms with van der Waals surface area (Å²) >= 11 is 0. The van der Waals surface area contributed by atoms with E-state index in [1.165, 1.54) is 11.0 Å². The minimum atomic E-state index is -0.600. The number of hydrogen-bond donors (Lipinski definition) is 1. The normalized spacial score (nSPS) is 16.4. The lowest BCUT2D eigenvalue weighted by molar-refractivity contribution is -0.143. The number of esters is 1. The molecule has 0 radical (unpaired) electrons. The summed E-state index contributed by atoms with van der Waals surface area (Å²) in [5, 5.41) is 2.79. The number of benzene rings is 2. The van der Waals surface area contributed by atoms with E-state index in [2.05, 4.69) is 5.32 Å². The van der Waals surface area contributed by atoms with Crippen molar-refractivity contribution in [2.24, 2.45) is 0 Å². The van der Waals surface area contributed by atoms with E-state index in [4.69, 9.17) is 4.74 Å². The second-order valence-corrected chi connectivity index (χ2v) is 6.23. The van der Waals surface area contributed by atoms with E-state index in [9.17, 15) is 14.4 Å². The van der Waals surface area contributed by atoms with Crippen LogP contribution < -0.4 is 10.2 Å². The van der Waals surface area contributed by atoms with Crippen molar-refractivity contribution in [1.29, 1.82) is 0 Å². The van der Waals surface area contributed by atoms with Crippen molar-refractivity contribution in [2.75, 3.05) is 16.8 Å². The van der Waals surface area contributed by atoms with Crippen LogP contribution in [0, 0.1) is 0 Å². The quantitative estimate of drug-likeness (QED) is 0.668. The number of hydrogen-bond acceptors (Lipinski definition) is 4. The zero-order valence-corrected chi connectivity index (χ0v) is 14.9. The summed E-state index contributed by atoms with van der Waals surface area (Å²) in [6.45, 7) is 1.39. The molecule has 1 aliphatic rings. The summed E-state index contributed by atoms with van der Waals surface area (Å²) in [7, 11) is 0. The lowest BCUT2D eigenvalue weighted by Crippen LogP contribution is -2.41. The van der Waals surface area contributed by atoms with Crippen molar-refractivity contribution in [3.63, 3.8) is 0 Å². The Kier molecular flexibility index (Phi) is 5.66. The Balaban J connectivity index is 1.67. The van der Waals surface area contributed by atoms with Gasteiger partial charge < -0.3 is 15.0 Å². The predicted octanol–water partition coefficient (Wildman–Crippen LogP) is 3.01. The molecule has 1 heterocycles. The standard InChI is InChI=1S/C21H20N2O4/c1-15-13-19(24)22-17-9-5-6-10-18(17)23(15)20(25)14-27-21(26)12-11-16-7-3-2-4-8-16/h2-12,15H,13-14H2,1H3,(H,22,24)/b12-11+. The third kappa shape index (κ3) is 4.61. The molecule has 138 valence electrons. The van der Waals surface area contributed by atoms with Gasteiger partial charge in [0.15, 0.2) is 6.61 Å². The molecule has 1 atom stereocenters. The van der Waals surface area contributed by atoms with Crippen molar-refractivity contribution in [3.05, 3.63) is 66.2 Å². The van der Waals surface area contributed by atoms with E-state index in [-0.39, 0.29) is 24.3 Å². The second kappa shape index (κ2) is 8.31.